The standard InChI is InChI=1S/C22H36N4O.HI/c1-4-23-22(26-14-11-20(16-26)17-27-3)24-15-19-5-7-21(8-6-19)25-12-9-18(2)10-13-25;/h5-8,18,20H,4,9-17H2,1-3H3,(H,23,24);1H. The summed E-state index contributed by atoms with van der Waals surface area (Å²) < 4.78 is 5.32. The van der Waals surface area contributed by atoms with Gasteiger partial charge in [0.15, 0.2) is 5.96 Å². The molecule has 1 N–H and O–H groups in total. The molecule has 2 aliphatic rings. The molecule has 158 valence electrons. The number of rotatable bonds is 6. The minimum Gasteiger partial charge on any atom is -0.384 e. The number of methoxy groups -OCH3 is 1. The van der Waals surface area contributed by atoms with Crippen molar-refractivity contribution in [3.63, 3.8) is 0 Å². The average Bonchev–Trinajstić information content (AvgIpc) is 3.15. The van der Waals surface area contributed by atoms with Crippen LogP contribution in [0.25, 0.3) is 0 Å². The van der Waals surface area contributed by atoms with Gasteiger partial charge < -0.3 is 19.9 Å². The van der Waals surface area contributed by atoms with Crippen LogP contribution in [0.5, 0.6) is 0 Å². The number of ether oxygens (including phenoxy) is 1. The van der Waals surface area contributed by atoms with Gasteiger partial charge in [0.1, 0.15) is 0 Å². The summed E-state index contributed by atoms with van der Waals surface area (Å²) in [6.07, 6.45) is 3.79. The van der Waals surface area contributed by atoms with Crippen LogP contribution in [0.15, 0.2) is 29.3 Å². The van der Waals surface area contributed by atoms with E-state index < -0.39 is 0 Å². The lowest BCUT2D eigenvalue weighted by Crippen LogP contribution is -2.40. The van der Waals surface area contributed by atoms with Gasteiger partial charge in [-0.25, -0.2) is 4.99 Å². The molecule has 1 aromatic carbocycles. The first-order chi connectivity index (χ1) is 13.2. The van der Waals surface area contributed by atoms with Gasteiger partial charge in [-0.3, -0.25) is 0 Å². The summed E-state index contributed by atoms with van der Waals surface area (Å²) in [5.41, 5.74) is 2.62. The summed E-state index contributed by atoms with van der Waals surface area (Å²) in [5.74, 6) is 2.52. The van der Waals surface area contributed by atoms with Gasteiger partial charge in [-0.15, -0.1) is 24.0 Å². The smallest absolute Gasteiger partial charge is 0.194 e. The van der Waals surface area contributed by atoms with Crippen LogP contribution >= 0.6 is 24.0 Å². The number of nitrogens with zero attached hydrogens (tertiary/aromatic N) is 3. The minimum absolute atomic E-state index is 0. The maximum Gasteiger partial charge on any atom is 0.194 e. The van der Waals surface area contributed by atoms with Crippen molar-refractivity contribution in [2.75, 3.05) is 51.3 Å². The first-order valence-corrected chi connectivity index (χ1v) is 10.6. The van der Waals surface area contributed by atoms with Gasteiger partial charge in [-0.05, 0) is 49.8 Å². The third kappa shape index (κ3) is 6.51. The first-order valence-electron chi connectivity index (χ1n) is 10.6. The fourth-order valence-corrected chi connectivity index (χ4v) is 4.07. The van der Waals surface area contributed by atoms with Crippen LogP contribution in [0.3, 0.4) is 0 Å². The molecule has 6 heteroatoms. The highest BCUT2D eigenvalue weighted by atomic mass is 127. The van der Waals surface area contributed by atoms with E-state index in [1.54, 1.807) is 7.11 Å². The summed E-state index contributed by atoms with van der Waals surface area (Å²) >= 11 is 0. The molecule has 0 bridgehead atoms. The van der Waals surface area contributed by atoms with E-state index in [2.05, 4.69) is 53.2 Å². The lowest BCUT2D eigenvalue weighted by Gasteiger charge is -2.32. The Kier molecular flexibility index (Phi) is 9.85. The molecule has 2 fully saturated rings. The quantitative estimate of drug-likeness (QED) is 0.365. The second kappa shape index (κ2) is 11.9. The van der Waals surface area contributed by atoms with Crippen molar-refractivity contribution >= 4 is 35.6 Å². The molecule has 0 amide bonds. The number of likely N-dealkylation sites (tertiary alicyclic amines) is 1. The number of halogens is 1. The van der Waals surface area contributed by atoms with Gasteiger partial charge in [0.25, 0.3) is 0 Å². The Labute approximate surface area is 187 Å². The van der Waals surface area contributed by atoms with E-state index in [4.69, 9.17) is 9.73 Å². The monoisotopic (exact) mass is 500 g/mol. The highest BCUT2D eigenvalue weighted by molar-refractivity contribution is 14.0. The molecule has 0 spiro atoms. The van der Waals surface area contributed by atoms with Crippen LogP contribution in [0.1, 0.15) is 38.7 Å². The Morgan fingerprint density at radius 1 is 1.14 bits per heavy atom. The van der Waals surface area contributed by atoms with E-state index >= 15 is 0 Å². The average molecular weight is 500 g/mol. The fraction of sp³-hybridized carbons (Fsp3) is 0.682. The summed E-state index contributed by atoms with van der Waals surface area (Å²) in [4.78, 5) is 9.77. The molecule has 5 nitrogen and oxygen atoms in total. The Hall–Kier alpha value is -1.02. The van der Waals surface area contributed by atoms with Crippen LogP contribution < -0.4 is 10.2 Å². The van der Waals surface area contributed by atoms with Crippen LogP contribution in [-0.2, 0) is 11.3 Å². The van der Waals surface area contributed by atoms with Crippen molar-refractivity contribution in [1.29, 1.82) is 0 Å². The van der Waals surface area contributed by atoms with E-state index in [-0.39, 0.29) is 24.0 Å². The third-order valence-corrected chi connectivity index (χ3v) is 5.82. The van der Waals surface area contributed by atoms with Gasteiger partial charge in [0.05, 0.1) is 13.2 Å². The van der Waals surface area contributed by atoms with Crippen molar-refractivity contribution in [2.45, 2.75) is 39.7 Å². The van der Waals surface area contributed by atoms with Gasteiger partial charge in [0.2, 0.25) is 0 Å². The maximum atomic E-state index is 5.32. The minimum atomic E-state index is 0. The highest BCUT2D eigenvalue weighted by Crippen LogP contribution is 2.23. The zero-order valence-electron chi connectivity index (χ0n) is 17.7. The van der Waals surface area contributed by atoms with Gasteiger partial charge in [0, 0.05) is 51.4 Å². The molecular formula is C22H37IN4O. The number of piperidine rings is 1. The van der Waals surface area contributed by atoms with E-state index in [0.29, 0.717) is 5.92 Å². The molecule has 1 aromatic rings. The molecule has 28 heavy (non-hydrogen) atoms. The van der Waals surface area contributed by atoms with Gasteiger partial charge >= 0.3 is 0 Å². The van der Waals surface area contributed by atoms with Gasteiger partial charge in [-0.2, -0.15) is 0 Å². The van der Waals surface area contributed by atoms with E-state index in [1.807, 2.05) is 0 Å². The number of guanidine groups is 1. The number of aliphatic imine (C=N–C) groups is 1. The Bertz CT molecular complexity index is 599. The van der Waals surface area contributed by atoms with Crippen molar-refractivity contribution in [3.05, 3.63) is 29.8 Å². The summed E-state index contributed by atoms with van der Waals surface area (Å²) in [7, 11) is 1.79. The van der Waals surface area contributed by atoms with Crippen molar-refractivity contribution in [2.24, 2.45) is 16.8 Å². The Morgan fingerprint density at radius 3 is 2.50 bits per heavy atom. The van der Waals surface area contributed by atoms with Crippen molar-refractivity contribution in [1.82, 2.24) is 10.2 Å². The lowest BCUT2D eigenvalue weighted by atomic mass is 9.99. The molecule has 2 aliphatic heterocycles. The molecule has 1 atom stereocenters. The van der Waals surface area contributed by atoms with E-state index in [9.17, 15) is 0 Å². The van der Waals surface area contributed by atoms with Crippen LogP contribution in [0, 0.1) is 11.8 Å². The van der Waals surface area contributed by atoms with Crippen LogP contribution in [0.2, 0.25) is 0 Å². The number of nitrogens with one attached hydrogen (secondary N) is 1. The lowest BCUT2D eigenvalue weighted by molar-refractivity contribution is 0.157. The summed E-state index contributed by atoms with van der Waals surface area (Å²) in [6.45, 7) is 11.4. The molecule has 0 aromatic heterocycles. The molecule has 0 radical (unpaired) electrons. The Morgan fingerprint density at radius 2 is 1.86 bits per heavy atom. The predicted molar refractivity (Wildman–Crippen MR) is 129 cm³/mol. The molecule has 3 rings (SSSR count). The summed E-state index contributed by atoms with van der Waals surface area (Å²) in [5, 5.41) is 3.45. The Balaban J connectivity index is 0.00000280. The second-order valence-electron chi connectivity index (χ2n) is 8.06. The molecule has 0 saturated carbocycles. The normalized spacial score (nSPS) is 21.0. The van der Waals surface area contributed by atoms with E-state index in [1.165, 1.54) is 43.6 Å². The van der Waals surface area contributed by atoms with Crippen molar-refractivity contribution < 1.29 is 4.74 Å². The largest absolute Gasteiger partial charge is 0.384 e. The zero-order valence-corrected chi connectivity index (χ0v) is 20.0. The number of anilines is 1. The first kappa shape index (κ1) is 23.3. The molecular weight excluding hydrogens is 463 g/mol. The van der Waals surface area contributed by atoms with E-state index in [0.717, 1.165) is 44.7 Å². The summed E-state index contributed by atoms with van der Waals surface area (Å²) in [6, 6.07) is 8.99. The maximum absolute atomic E-state index is 5.32. The van der Waals surface area contributed by atoms with Crippen LogP contribution in [0.4, 0.5) is 5.69 Å². The SMILES string of the molecule is CCNC(=NCc1ccc(N2CCC(C)CC2)cc1)N1CCC(COC)C1.I. The number of benzene rings is 1. The number of hydrogen-bond acceptors (Lipinski definition) is 3. The zero-order chi connectivity index (χ0) is 19.1. The topological polar surface area (TPSA) is 40.1 Å². The second-order valence-corrected chi connectivity index (χ2v) is 8.06. The number of hydrogen-bond donors (Lipinski definition) is 1. The molecule has 2 heterocycles. The van der Waals surface area contributed by atoms with Crippen LogP contribution in [-0.4, -0.2) is 57.3 Å². The van der Waals surface area contributed by atoms with Gasteiger partial charge in [-0.1, -0.05) is 19.1 Å². The highest BCUT2D eigenvalue weighted by Gasteiger charge is 2.24. The molecule has 2 saturated heterocycles. The molecule has 1 unspecified atom stereocenters. The fourth-order valence-electron chi connectivity index (χ4n) is 4.07. The predicted octanol–water partition coefficient (Wildman–Crippen LogP) is 3.97. The van der Waals surface area contributed by atoms with Crippen molar-refractivity contribution in [3.8, 4) is 0 Å². The third-order valence-electron chi connectivity index (χ3n) is 5.82. The molecule has 0 aliphatic carbocycles.